The quantitative estimate of drug-likeness (QED) is 0.679. The zero-order valence-corrected chi connectivity index (χ0v) is 18.5. The summed E-state index contributed by atoms with van der Waals surface area (Å²) in [6.45, 7) is 4.32. The van der Waals surface area contributed by atoms with Gasteiger partial charge >= 0.3 is 0 Å². The minimum Gasteiger partial charge on any atom is -0.322 e. The van der Waals surface area contributed by atoms with Crippen LogP contribution in [0.2, 0.25) is 0 Å². The Kier molecular flexibility index (Phi) is 7.25. The topological polar surface area (TPSA) is 78.9 Å². The van der Waals surface area contributed by atoms with Gasteiger partial charge in [0.25, 0.3) is 15.9 Å². The minimum atomic E-state index is -3.74. The second-order valence-corrected chi connectivity index (χ2v) is 9.52. The zero-order chi connectivity index (χ0) is 21.7. The number of rotatable bonds is 7. The lowest BCUT2D eigenvalue weighted by Crippen LogP contribution is -2.36. The maximum absolute atomic E-state index is 12.5. The van der Waals surface area contributed by atoms with Crippen LogP contribution in [0.4, 0.5) is 5.69 Å². The number of nitrogens with zero attached hydrogens (tertiary/aromatic N) is 2. The van der Waals surface area contributed by atoms with Gasteiger partial charge in [-0.3, -0.25) is 14.5 Å². The van der Waals surface area contributed by atoms with Crippen LogP contribution in [0, 0.1) is 0 Å². The highest BCUT2D eigenvalue weighted by atomic mass is 32.2. The lowest BCUT2D eigenvalue weighted by atomic mass is 10.0. The van der Waals surface area contributed by atoms with Crippen molar-refractivity contribution in [2.45, 2.75) is 43.7 Å². The van der Waals surface area contributed by atoms with Gasteiger partial charge in [0.05, 0.1) is 12.0 Å². The summed E-state index contributed by atoms with van der Waals surface area (Å²) in [4.78, 5) is 19.8. The van der Waals surface area contributed by atoms with E-state index in [0.717, 1.165) is 17.6 Å². The number of amides is 1. The molecule has 0 aliphatic carbocycles. The first kappa shape index (κ1) is 22.4. The number of hydrogen-bond acceptors (Lipinski definition) is 5. The predicted octanol–water partition coefficient (Wildman–Crippen LogP) is 3.50. The monoisotopic (exact) mass is 431 g/mol. The molecule has 1 heterocycles. The summed E-state index contributed by atoms with van der Waals surface area (Å²) < 4.78 is 25.2. The molecule has 1 fully saturated rings. The molecule has 1 atom stereocenters. The number of piperidine rings is 1. The van der Waals surface area contributed by atoms with Crippen LogP contribution in [-0.4, -0.2) is 50.4 Å². The fourth-order valence-electron chi connectivity index (χ4n) is 3.55. The van der Waals surface area contributed by atoms with Crippen LogP contribution >= 0.6 is 0 Å². The highest BCUT2D eigenvalue weighted by molar-refractivity contribution is 7.89. The first-order valence-corrected chi connectivity index (χ1v) is 11.5. The Bertz CT molecular complexity index is 959. The molecule has 1 saturated heterocycles. The molecule has 1 aliphatic heterocycles. The van der Waals surface area contributed by atoms with E-state index in [0.29, 0.717) is 17.3 Å². The molecule has 7 nitrogen and oxygen atoms in total. The smallest absolute Gasteiger partial charge is 0.264 e. The van der Waals surface area contributed by atoms with Gasteiger partial charge in [-0.2, -0.15) is 0 Å². The lowest BCUT2D eigenvalue weighted by molar-refractivity contribution is -0.0258. The molecule has 162 valence electrons. The Hall–Kier alpha value is -2.26. The van der Waals surface area contributed by atoms with Crippen LogP contribution in [-0.2, 0) is 21.4 Å². The summed E-state index contributed by atoms with van der Waals surface area (Å²) in [5.74, 6) is -0.295. The van der Waals surface area contributed by atoms with Gasteiger partial charge in [0, 0.05) is 30.9 Å². The predicted molar refractivity (Wildman–Crippen MR) is 117 cm³/mol. The molecule has 0 bridgehead atoms. The third-order valence-corrected chi connectivity index (χ3v) is 7.24. The van der Waals surface area contributed by atoms with E-state index in [4.69, 9.17) is 4.84 Å². The Morgan fingerprint density at radius 1 is 1.13 bits per heavy atom. The molecular formula is C22H29N3O4S. The fourth-order valence-corrected chi connectivity index (χ4v) is 4.52. The van der Waals surface area contributed by atoms with E-state index in [1.807, 2.05) is 24.3 Å². The standard InChI is InChI=1S/C22H29N3O4S/c1-17-6-4-5-15-25(17)16-18-7-11-20(12-8-18)23-22(26)19-9-13-21(14-10-19)30(27,28)24(2)29-3/h7-14,17H,4-6,15-16H2,1-3H3,(H,23,26). The highest BCUT2D eigenvalue weighted by Crippen LogP contribution is 2.21. The number of sulfonamides is 1. The molecule has 0 saturated carbocycles. The summed E-state index contributed by atoms with van der Waals surface area (Å²) >= 11 is 0. The third-order valence-electron chi connectivity index (χ3n) is 5.55. The average Bonchev–Trinajstić information content (AvgIpc) is 2.76. The molecule has 1 aliphatic rings. The molecule has 1 amide bonds. The fraction of sp³-hybridized carbons (Fsp3) is 0.409. The largest absolute Gasteiger partial charge is 0.322 e. The summed E-state index contributed by atoms with van der Waals surface area (Å²) in [6, 6.07) is 14.2. The number of anilines is 1. The molecule has 0 spiro atoms. The summed E-state index contributed by atoms with van der Waals surface area (Å²) in [5.41, 5.74) is 2.30. The van der Waals surface area contributed by atoms with Crippen molar-refractivity contribution in [3.8, 4) is 0 Å². The van der Waals surface area contributed by atoms with Crippen molar-refractivity contribution in [2.24, 2.45) is 0 Å². The Morgan fingerprint density at radius 2 is 1.80 bits per heavy atom. The molecule has 30 heavy (non-hydrogen) atoms. The van der Waals surface area contributed by atoms with E-state index in [1.165, 1.54) is 63.2 Å². The van der Waals surface area contributed by atoms with E-state index >= 15 is 0 Å². The highest BCUT2D eigenvalue weighted by Gasteiger charge is 2.21. The normalized spacial score (nSPS) is 17.8. The van der Waals surface area contributed by atoms with Crippen molar-refractivity contribution >= 4 is 21.6 Å². The van der Waals surface area contributed by atoms with E-state index in [1.54, 1.807) is 0 Å². The molecule has 0 aromatic heterocycles. The van der Waals surface area contributed by atoms with Crippen molar-refractivity contribution in [1.29, 1.82) is 0 Å². The van der Waals surface area contributed by atoms with Crippen molar-refractivity contribution in [3.63, 3.8) is 0 Å². The number of carbonyl (C=O) groups excluding carboxylic acids is 1. The summed E-state index contributed by atoms with van der Waals surface area (Å²) in [6.07, 6.45) is 3.80. The SMILES string of the molecule is CON(C)S(=O)(=O)c1ccc(C(=O)Nc2ccc(CN3CCCCC3C)cc2)cc1. The number of benzene rings is 2. The third kappa shape index (κ3) is 5.26. The van der Waals surface area contributed by atoms with Gasteiger partial charge in [0.15, 0.2) is 0 Å². The van der Waals surface area contributed by atoms with Crippen molar-refractivity contribution < 1.29 is 18.0 Å². The van der Waals surface area contributed by atoms with E-state index in [-0.39, 0.29) is 10.8 Å². The molecular weight excluding hydrogens is 402 g/mol. The molecule has 2 aromatic rings. The second kappa shape index (κ2) is 9.70. The Balaban J connectivity index is 1.62. The molecule has 1 unspecified atom stereocenters. The Morgan fingerprint density at radius 3 is 2.40 bits per heavy atom. The molecule has 0 radical (unpaired) electrons. The first-order valence-electron chi connectivity index (χ1n) is 10.1. The van der Waals surface area contributed by atoms with Crippen LogP contribution in [0.5, 0.6) is 0 Å². The molecule has 1 N–H and O–H groups in total. The van der Waals surface area contributed by atoms with E-state index < -0.39 is 10.0 Å². The number of likely N-dealkylation sites (tertiary alicyclic amines) is 1. The maximum atomic E-state index is 12.5. The van der Waals surface area contributed by atoms with Crippen LogP contribution in [0.15, 0.2) is 53.4 Å². The number of hydrogen-bond donors (Lipinski definition) is 1. The van der Waals surface area contributed by atoms with E-state index in [2.05, 4.69) is 17.1 Å². The van der Waals surface area contributed by atoms with Gasteiger partial charge in [-0.25, -0.2) is 8.42 Å². The average molecular weight is 432 g/mol. The van der Waals surface area contributed by atoms with Gasteiger partial charge in [-0.1, -0.05) is 23.0 Å². The van der Waals surface area contributed by atoms with Crippen molar-refractivity contribution in [2.75, 3.05) is 26.0 Å². The van der Waals surface area contributed by atoms with Gasteiger partial charge in [0.2, 0.25) is 0 Å². The van der Waals surface area contributed by atoms with Gasteiger partial charge < -0.3 is 5.32 Å². The van der Waals surface area contributed by atoms with Crippen molar-refractivity contribution in [3.05, 3.63) is 59.7 Å². The lowest BCUT2D eigenvalue weighted by Gasteiger charge is -2.33. The number of hydroxylamine groups is 1. The van der Waals surface area contributed by atoms with Crippen LogP contribution in [0.1, 0.15) is 42.1 Å². The molecule has 2 aromatic carbocycles. The van der Waals surface area contributed by atoms with Crippen LogP contribution in [0.3, 0.4) is 0 Å². The van der Waals surface area contributed by atoms with Crippen LogP contribution in [0.25, 0.3) is 0 Å². The minimum absolute atomic E-state index is 0.0553. The molecule has 3 rings (SSSR count). The number of carbonyl (C=O) groups is 1. The zero-order valence-electron chi connectivity index (χ0n) is 17.7. The summed E-state index contributed by atoms with van der Waals surface area (Å²) in [5, 5.41) is 2.85. The van der Waals surface area contributed by atoms with Crippen LogP contribution < -0.4 is 5.32 Å². The summed E-state index contributed by atoms with van der Waals surface area (Å²) in [7, 11) is -1.15. The number of nitrogens with one attached hydrogen (secondary N) is 1. The van der Waals surface area contributed by atoms with Gasteiger partial charge in [-0.05, 0) is 68.3 Å². The maximum Gasteiger partial charge on any atom is 0.264 e. The van der Waals surface area contributed by atoms with Crippen molar-refractivity contribution in [1.82, 2.24) is 9.37 Å². The first-order chi connectivity index (χ1) is 14.3. The van der Waals surface area contributed by atoms with Gasteiger partial charge in [0.1, 0.15) is 0 Å². The molecule has 8 heteroatoms. The second-order valence-electron chi connectivity index (χ2n) is 7.59. The van der Waals surface area contributed by atoms with Gasteiger partial charge in [-0.15, -0.1) is 0 Å². The van der Waals surface area contributed by atoms with E-state index in [9.17, 15) is 13.2 Å². The Labute approximate surface area is 178 Å².